The van der Waals surface area contributed by atoms with Gasteiger partial charge in [0.25, 0.3) is 0 Å². The zero-order valence-corrected chi connectivity index (χ0v) is 8.77. The Morgan fingerprint density at radius 1 is 1.25 bits per heavy atom. The molecule has 0 radical (unpaired) electrons. The van der Waals surface area contributed by atoms with Gasteiger partial charge in [-0.25, -0.2) is 0 Å². The van der Waals surface area contributed by atoms with Crippen molar-refractivity contribution in [1.82, 2.24) is 0 Å². The van der Waals surface area contributed by atoms with Crippen molar-refractivity contribution in [3.8, 4) is 0 Å². The molecule has 0 aliphatic carbocycles. The van der Waals surface area contributed by atoms with E-state index in [1.54, 1.807) is 0 Å². The van der Waals surface area contributed by atoms with Crippen LogP contribution in [-0.4, -0.2) is 29.8 Å². The van der Waals surface area contributed by atoms with Crippen molar-refractivity contribution in [2.45, 2.75) is 11.9 Å². The molecule has 0 unspecified atom stereocenters. The molecule has 0 fully saturated rings. The van der Waals surface area contributed by atoms with E-state index in [0.29, 0.717) is 19.6 Å². The summed E-state index contributed by atoms with van der Waals surface area (Å²) in [6, 6.07) is 0. The topological polar surface area (TPSA) is 9.23 Å². The number of hydrogen-bond acceptors (Lipinski definition) is 2. The zero-order chi connectivity index (χ0) is 9.45. The van der Waals surface area contributed by atoms with Crippen molar-refractivity contribution in [2.24, 2.45) is 0 Å². The minimum Gasteiger partial charge on any atom is -0.381 e. The Morgan fingerprint density at radius 3 is 2.42 bits per heavy atom. The highest BCUT2D eigenvalue weighted by Crippen LogP contribution is 2.30. The van der Waals surface area contributed by atoms with Gasteiger partial charge >= 0.3 is 5.51 Å². The normalized spacial score (nSPS) is 12.0. The zero-order valence-electron chi connectivity index (χ0n) is 6.36. The maximum Gasteiger partial charge on any atom is 0.441 e. The Labute approximate surface area is 82.2 Å². The van der Waals surface area contributed by atoms with Gasteiger partial charge in [-0.15, -0.1) is 0 Å². The average molecular weight is 267 g/mol. The number of rotatable bonds is 6. The first-order valence-electron chi connectivity index (χ1n) is 3.40. The van der Waals surface area contributed by atoms with Crippen molar-refractivity contribution in [2.75, 3.05) is 24.3 Å². The maximum absolute atomic E-state index is 11.5. The van der Waals surface area contributed by atoms with Crippen LogP contribution in [0.3, 0.4) is 0 Å². The molecule has 12 heavy (non-hydrogen) atoms. The fourth-order valence-electron chi connectivity index (χ4n) is 0.506. The van der Waals surface area contributed by atoms with E-state index in [4.69, 9.17) is 4.74 Å². The van der Waals surface area contributed by atoms with E-state index in [1.807, 2.05) is 0 Å². The summed E-state index contributed by atoms with van der Waals surface area (Å²) in [5.41, 5.74) is -4.10. The van der Waals surface area contributed by atoms with E-state index in [1.165, 1.54) is 0 Å². The fourth-order valence-corrected chi connectivity index (χ4v) is 1.23. The van der Waals surface area contributed by atoms with Gasteiger partial charge in [-0.2, -0.15) is 13.2 Å². The molecular formula is C6H10BrF3OS. The standard InChI is InChI=1S/C6H10BrF3OS/c7-2-4-11-3-1-5-12-6(8,9)10/h1-5H2. The molecule has 0 aromatic heterocycles. The van der Waals surface area contributed by atoms with Gasteiger partial charge in [0.1, 0.15) is 0 Å². The predicted molar refractivity (Wildman–Crippen MR) is 47.7 cm³/mol. The number of ether oxygens (including phenoxy) is 1. The minimum atomic E-state index is -4.10. The van der Waals surface area contributed by atoms with Crippen molar-refractivity contribution in [3.63, 3.8) is 0 Å². The van der Waals surface area contributed by atoms with Crippen LogP contribution < -0.4 is 0 Å². The summed E-state index contributed by atoms with van der Waals surface area (Å²) < 4.78 is 39.6. The quantitative estimate of drug-likeness (QED) is 0.540. The molecular weight excluding hydrogens is 257 g/mol. The molecule has 0 N–H and O–H groups in total. The molecule has 0 atom stereocenters. The molecule has 0 saturated heterocycles. The molecule has 0 amide bonds. The van der Waals surface area contributed by atoms with Crippen LogP contribution in [0.25, 0.3) is 0 Å². The SMILES string of the molecule is FC(F)(F)SCCCOCCBr. The lowest BCUT2D eigenvalue weighted by atomic mass is 10.5. The van der Waals surface area contributed by atoms with Crippen molar-refractivity contribution < 1.29 is 17.9 Å². The number of alkyl halides is 4. The van der Waals surface area contributed by atoms with Crippen LogP contribution in [-0.2, 0) is 4.74 Å². The van der Waals surface area contributed by atoms with Crippen LogP contribution in [0.2, 0.25) is 0 Å². The summed E-state index contributed by atoms with van der Waals surface area (Å²) in [6.45, 7) is 0.950. The van der Waals surface area contributed by atoms with Crippen LogP contribution in [0.1, 0.15) is 6.42 Å². The summed E-state index contributed by atoms with van der Waals surface area (Å²) in [7, 11) is 0. The summed E-state index contributed by atoms with van der Waals surface area (Å²) in [6.07, 6.45) is 0.442. The Balaban J connectivity index is 3.01. The number of halogens is 4. The summed E-state index contributed by atoms with van der Waals surface area (Å²) in [5.74, 6) is 0.0752. The first-order chi connectivity index (χ1) is 5.56. The largest absolute Gasteiger partial charge is 0.441 e. The highest BCUT2D eigenvalue weighted by Gasteiger charge is 2.27. The second-order valence-corrected chi connectivity index (χ2v) is 3.90. The smallest absolute Gasteiger partial charge is 0.381 e. The van der Waals surface area contributed by atoms with E-state index < -0.39 is 5.51 Å². The predicted octanol–water partition coefficient (Wildman–Crippen LogP) is 3.04. The Hall–Kier alpha value is 0.580. The van der Waals surface area contributed by atoms with Gasteiger partial charge in [-0.05, 0) is 6.42 Å². The van der Waals surface area contributed by atoms with Crippen molar-refractivity contribution in [1.29, 1.82) is 0 Å². The van der Waals surface area contributed by atoms with Gasteiger partial charge < -0.3 is 4.74 Å². The van der Waals surface area contributed by atoms with Gasteiger partial charge in [0.15, 0.2) is 0 Å². The summed E-state index contributed by atoms with van der Waals surface area (Å²) in [4.78, 5) is 0. The summed E-state index contributed by atoms with van der Waals surface area (Å²) in [5, 5.41) is 0.722. The molecule has 1 nitrogen and oxygen atoms in total. The molecule has 0 bridgehead atoms. The average Bonchev–Trinajstić information content (AvgIpc) is 1.94. The van der Waals surface area contributed by atoms with Gasteiger partial charge in [0, 0.05) is 17.7 Å². The first kappa shape index (κ1) is 12.6. The lowest BCUT2D eigenvalue weighted by Crippen LogP contribution is -2.04. The highest BCUT2D eigenvalue weighted by atomic mass is 79.9. The third-order valence-corrected chi connectivity index (χ3v) is 2.06. The number of thioether (sulfide) groups is 1. The molecule has 0 aliphatic rings. The lowest BCUT2D eigenvalue weighted by Gasteiger charge is -2.04. The van der Waals surface area contributed by atoms with Crippen LogP contribution in [0.4, 0.5) is 13.2 Å². The summed E-state index contributed by atoms with van der Waals surface area (Å²) >= 11 is 3.14. The van der Waals surface area contributed by atoms with E-state index in [2.05, 4.69) is 15.9 Å². The van der Waals surface area contributed by atoms with E-state index in [-0.39, 0.29) is 17.5 Å². The third kappa shape index (κ3) is 10.6. The Morgan fingerprint density at radius 2 is 1.92 bits per heavy atom. The Bertz CT molecular complexity index is 109. The van der Waals surface area contributed by atoms with Crippen LogP contribution in [0.15, 0.2) is 0 Å². The lowest BCUT2D eigenvalue weighted by molar-refractivity contribution is -0.0328. The van der Waals surface area contributed by atoms with Crippen LogP contribution >= 0.6 is 27.7 Å². The van der Waals surface area contributed by atoms with Gasteiger partial charge in [-0.3, -0.25) is 0 Å². The van der Waals surface area contributed by atoms with E-state index in [9.17, 15) is 13.2 Å². The monoisotopic (exact) mass is 266 g/mol. The second-order valence-electron chi connectivity index (χ2n) is 1.95. The molecule has 0 aromatic carbocycles. The van der Waals surface area contributed by atoms with Crippen LogP contribution in [0, 0.1) is 0 Å². The fraction of sp³-hybridized carbons (Fsp3) is 1.00. The molecule has 74 valence electrons. The number of hydrogen-bond donors (Lipinski definition) is 0. The first-order valence-corrected chi connectivity index (χ1v) is 5.51. The van der Waals surface area contributed by atoms with Crippen LogP contribution in [0.5, 0.6) is 0 Å². The van der Waals surface area contributed by atoms with Crippen molar-refractivity contribution >= 4 is 27.7 Å². The molecule has 0 heterocycles. The highest BCUT2D eigenvalue weighted by molar-refractivity contribution is 9.09. The second kappa shape index (κ2) is 7.03. The molecule has 0 spiro atoms. The third-order valence-electron chi connectivity index (χ3n) is 0.920. The van der Waals surface area contributed by atoms with Gasteiger partial charge in [0.05, 0.1) is 6.61 Å². The molecule has 0 saturated carbocycles. The maximum atomic E-state index is 11.5. The Kier molecular flexibility index (Phi) is 7.37. The van der Waals surface area contributed by atoms with E-state index in [0.717, 1.165) is 5.33 Å². The molecule has 6 heteroatoms. The van der Waals surface area contributed by atoms with Gasteiger partial charge in [0.2, 0.25) is 0 Å². The molecule has 0 aromatic rings. The van der Waals surface area contributed by atoms with Crippen molar-refractivity contribution in [3.05, 3.63) is 0 Å². The molecule has 0 aliphatic heterocycles. The molecule has 0 rings (SSSR count). The van der Waals surface area contributed by atoms with Gasteiger partial charge in [-0.1, -0.05) is 27.7 Å². The van der Waals surface area contributed by atoms with E-state index >= 15 is 0 Å². The minimum absolute atomic E-state index is 0.000113.